The Balaban J connectivity index is 2.24. The van der Waals surface area contributed by atoms with E-state index >= 15 is 0 Å². The fourth-order valence-corrected chi connectivity index (χ4v) is 2.00. The zero-order valence-electron chi connectivity index (χ0n) is 10.9. The molecule has 0 radical (unpaired) electrons. The van der Waals surface area contributed by atoms with Gasteiger partial charge in [-0.1, -0.05) is 0 Å². The number of hydrogen-bond donors (Lipinski definition) is 1. The van der Waals surface area contributed by atoms with Crippen molar-refractivity contribution in [3.63, 3.8) is 0 Å². The van der Waals surface area contributed by atoms with Crippen molar-refractivity contribution in [3.05, 3.63) is 59.7 Å². The molecule has 1 heterocycles. The van der Waals surface area contributed by atoms with E-state index in [1.807, 2.05) is 25.1 Å². The first-order valence-corrected chi connectivity index (χ1v) is 6.27. The van der Waals surface area contributed by atoms with E-state index in [0.717, 1.165) is 17.8 Å². The van der Waals surface area contributed by atoms with Gasteiger partial charge in [0.25, 0.3) is 0 Å². The highest BCUT2D eigenvalue weighted by Gasteiger charge is 2.08. The molecule has 0 fully saturated rings. The molecule has 0 unspecified atom stereocenters. The quantitative estimate of drug-likeness (QED) is 0.898. The molecule has 2 aromatic rings. The highest BCUT2D eigenvalue weighted by Crippen LogP contribution is 2.20. The van der Waals surface area contributed by atoms with Gasteiger partial charge >= 0.3 is 0 Å². The van der Waals surface area contributed by atoms with E-state index in [1.54, 1.807) is 12.4 Å². The minimum absolute atomic E-state index is 0.155. The van der Waals surface area contributed by atoms with Crippen molar-refractivity contribution in [1.29, 1.82) is 0 Å². The summed E-state index contributed by atoms with van der Waals surface area (Å²) in [6.07, 6.45) is 3.49. The van der Waals surface area contributed by atoms with Crippen molar-refractivity contribution in [1.82, 2.24) is 4.98 Å². The Bertz CT molecular complexity index is 531. The van der Waals surface area contributed by atoms with Crippen molar-refractivity contribution in [3.8, 4) is 0 Å². The van der Waals surface area contributed by atoms with Crippen LogP contribution in [0.4, 0.5) is 10.1 Å². The van der Waals surface area contributed by atoms with E-state index in [4.69, 9.17) is 5.11 Å². The lowest BCUT2D eigenvalue weighted by Crippen LogP contribution is -2.22. The summed E-state index contributed by atoms with van der Waals surface area (Å²) in [5, 5.41) is 9.14. The first-order chi connectivity index (χ1) is 9.22. The zero-order valence-corrected chi connectivity index (χ0v) is 10.9. The Morgan fingerprint density at radius 3 is 2.53 bits per heavy atom. The van der Waals surface area contributed by atoms with Gasteiger partial charge in [0.2, 0.25) is 0 Å². The molecule has 1 N–H and O–H groups in total. The van der Waals surface area contributed by atoms with Crippen LogP contribution in [0.2, 0.25) is 0 Å². The zero-order chi connectivity index (χ0) is 13.7. The average Bonchev–Trinajstić information content (AvgIpc) is 2.45. The van der Waals surface area contributed by atoms with Crippen LogP contribution in [0.15, 0.2) is 42.7 Å². The van der Waals surface area contributed by atoms with Gasteiger partial charge in [-0.2, -0.15) is 0 Å². The molecule has 19 heavy (non-hydrogen) atoms. The Kier molecular flexibility index (Phi) is 4.47. The van der Waals surface area contributed by atoms with Crippen LogP contribution in [-0.4, -0.2) is 16.6 Å². The Hall–Kier alpha value is -1.94. The van der Waals surface area contributed by atoms with E-state index in [2.05, 4.69) is 9.88 Å². The number of nitrogens with zero attached hydrogens (tertiary/aromatic N) is 2. The normalized spacial score (nSPS) is 10.5. The van der Waals surface area contributed by atoms with Gasteiger partial charge in [0.15, 0.2) is 0 Å². The van der Waals surface area contributed by atoms with E-state index in [-0.39, 0.29) is 12.4 Å². The maximum Gasteiger partial charge on any atom is 0.125 e. The molecule has 0 saturated heterocycles. The SMILES string of the molecule is CCN(Cc1ccncc1)c1cc(F)cc(CO)c1. The number of aliphatic hydroxyl groups is 1. The van der Waals surface area contributed by atoms with Gasteiger partial charge in [0, 0.05) is 31.2 Å². The van der Waals surface area contributed by atoms with Crippen molar-refractivity contribution in [2.45, 2.75) is 20.1 Å². The third-order valence-electron chi connectivity index (χ3n) is 2.99. The van der Waals surface area contributed by atoms with Crippen molar-refractivity contribution in [2.24, 2.45) is 0 Å². The first kappa shape index (κ1) is 13.5. The molecule has 0 aliphatic carbocycles. The molecule has 0 aliphatic heterocycles. The second-order valence-corrected chi connectivity index (χ2v) is 4.35. The number of anilines is 1. The fourth-order valence-electron chi connectivity index (χ4n) is 2.00. The number of pyridine rings is 1. The van der Waals surface area contributed by atoms with Crippen molar-refractivity contribution in [2.75, 3.05) is 11.4 Å². The van der Waals surface area contributed by atoms with Crippen LogP contribution in [0, 0.1) is 5.82 Å². The number of aliphatic hydroxyl groups excluding tert-OH is 1. The van der Waals surface area contributed by atoms with Crippen LogP contribution in [0.3, 0.4) is 0 Å². The van der Waals surface area contributed by atoms with E-state index in [0.29, 0.717) is 12.1 Å². The Morgan fingerprint density at radius 1 is 1.16 bits per heavy atom. The van der Waals surface area contributed by atoms with Crippen molar-refractivity contribution < 1.29 is 9.50 Å². The second-order valence-electron chi connectivity index (χ2n) is 4.35. The molecule has 0 bridgehead atoms. The summed E-state index contributed by atoms with van der Waals surface area (Å²) in [4.78, 5) is 6.03. The molecule has 4 heteroatoms. The highest BCUT2D eigenvalue weighted by molar-refractivity contribution is 5.49. The summed E-state index contributed by atoms with van der Waals surface area (Å²) in [5.41, 5.74) is 2.48. The molecule has 1 aromatic heterocycles. The van der Waals surface area contributed by atoms with E-state index in [9.17, 15) is 4.39 Å². The summed E-state index contributed by atoms with van der Waals surface area (Å²) in [6, 6.07) is 8.53. The summed E-state index contributed by atoms with van der Waals surface area (Å²) >= 11 is 0. The summed E-state index contributed by atoms with van der Waals surface area (Å²) in [5.74, 6) is -0.324. The smallest absolute Gasteiger partial charge is 0.125 e. The third-order valence-corrected chi connectivity index (χ3v) is 2.99. The molecular weight excluding hydrogens is 243 g/mol. The average molecular weight is 260 g/mol. The van der Waals surface area contributed by atoms with Crippen molar-refractivity contribution >= 4 is 5.69 Å². The first-order valence-electron chi connectivity index (χ1n) is 6.27. The van der Waals surface area contributed by atoms with Gasteiger partial charge in [0.05, 0.1) is 6.61 Å². The standard InChI is InChI=1S/C15H17FN2O/c1-2-18(10-12-3-5-17-6-4-12)15-8-13(11-19)7-14(16)9-15/h3-9,19H,2,10-11H2,1H3. The van der Waals surface area contributed by atoms with Crippen LogP contribution in [-0.2, 0) is 13.2 Å². The maximum atomic E-state index is 13.5. The number of halogens is 1. The van der Waals surface area contributed by atoms with Gasteiger partial charge in [-0.05, 0) is 48.4 Å². The number of rotatable bonds is 5. The van der Waals surface area contributed by atoms with Crippen LogP contribution in [0.5, 0.6) is 0 Å². The second kappa shape index (κ2) is 6.29. The molecule has 0 saturated carbocycles. The van der Waals surface area contributed by atoms with Gasteiger partial charge in [0.1, 0.15) is 5.82 Å². The molecule has 2 rings (SSSR count). The van der Waals surface area contributed by atoms with Crippen LogP contribution < -0.4 is 4.90 Å². The summed E-state index contributed by atoms with van der Waals surface area (Å²) in [6.45, 7) is 3.31. The van der Waals surface area contributed by atoms with E-state index < -0.39 is 0 Å². The maximum absolute atomic E-state index is 13.5. The minimum atomic E-state index is -0.324. The van der Waals surface area contributed by atoms with E-state index in [1.165, 1.54) is 12.1 Å². The van der Waals surface area contributed by atoms with Crippen LogP contribution in [0.1, 0.15) is 18.1 Å². The number of aromatic nitrogens is 1. The lowest BCUT2D eigenvalue weighted by atomic mass is 10.1. The molecule has 3 nitrogen and oxygen atoms in total. The predicted molar refractivity (Wildman–Crippen MR) is 73.3 cm³/mol. The highest BCUT2D eigenvalue weighted by atomic mass is 19.1. The Morgan fingerprint density at radius 2 is 1.89 bits per heavy atom. The molecule has 0 spiro atoms. The largest absolute Gasteiger partial charge is 0.392 e. The molecular formula is C15H17FN2O. The molecule has 1 aromatic carbocycles. The monoisotopic (exact) mass is 260 g/mol. The minimum Gasteiger partial charge on any atom is -0.392 e. The van der Waals surface area contributed by atoms with Gasteiger partial charge < -0.3 is 10.0 Å². The fraction of sp³-hybridized carbons (Fsp3) is 0.267. The lowest BCUT2D eigenvalue weighted by molar-refractivity contribution is 0.281. The van der Waals surface area contributed by atoms with Gasteiger partial charge in [-0.3, -0.25) is 4.98 Å². The number of benzene rings is 1. The lowest BCUT2D eigenvalue weighted by Gasteiger charge is -2.23. The molecule has 0 aliphatic rings. The van der Waals surface area contributed by atoms with Gasteiger partial charge in [-0.15, -0.1) is 0 Å². The molecule has 0 amide bonds. The summed E-state index contributed by atoms with van der Waals surface area (Å²) < 4.78 is 13.5. The van der Waals surface area contributed by atoms with Crippen LogP contribution in [0.25, 0.3) is 0 Å². The molecule has 0 atom stereocenters. The molecule has 100 valence electrons. The third kappa shape index (κ3) is 3.51. The number of hydrogen-bond acceptors (Lipinski definition) is 3. The predicted octanol–water partition coefficient (Wildman–Crippen LogP) is 2.74. The van der Waals surface area contributed by atoms with Crippen LogP contribution >= 0.6 is 0 Å². The topological polar surface area (TPSA) is 36.4 Å². The van der Waals surface area contributed by atoms with Gasteiger partial charge in [-0.25, -0.2) is 4.39 Å². The Labute approximate surface area is 112 Å². The summed E-state index contributed by atoms with van der Waals surface area (Å²) in [7, 11) is 0.